The van der Waals surface area contributed by atoms with Crippen LogP contribution in [0.5, 0.6) is 11.5 Å². The number of aromatic hydroxyl groups is 1. The molecule has 1 N–H and O–H groups in total. The van der Waals surface area contributed by atoms with Gasteiger partial charge in [0.2, 0.25) is 0 Å². The third-order valence-corrected chi connectivity index (χ3v) is 12.3. The van der Waals surface area contributed by atoms with E-state index in [2.05, 4.69) is 44.2 Å². The molecule has 228 valence electrons. The fourth-order valence-electron chi connectivity index (χ4n) is 8.21. The highest BCUT2D eigenvalue weighted by atomic mass is 32.2. The van der Waals surface area contributed by atoms with Gasteiger partial charge in [-0.15, -0.1) is 0 Å². The molecule has 4 unspecified atom stereocenters. The van der Waals surface area contributed by atoms with Gasteiger partial charge in [0.05, 0.1) is 39.1 Å². The highest BCUT2D eigenvalue weighted by Crippen LogP contribution is 2.64. The molecule has 3 aliphatic carbocycles. The number of phenols is 1. The number of hydrogen-bond acceptors (Lipinski definition) is 5. The summed E-state index contributed by atoms with van der Waals surface area (Å²) in [6, 6.07) is 14.6. The summed E-state index contributed by atoms with van der Waals surface area (Å²) in [5.41, 5.74) is 3.72. The number of phenolic OH excluding ortho intramolecular Hbond substituents is 1. The molecule has 3 aliphatic rings. The maximum atomic E-state index is 13.2. The van der Waals surface area contributed by atoms with E-state index in [-0.39, 0.29) is 17.2 Å². The van der Waals surface area contributed by atoms with Crippen LogP contribution in [0.15, 0.2) is 42.5 Å². The Kier molecular flexibility index (Phi) is 9.73. The van der Waals surface area contributed by atoms with Crippen LogP contribution < -0.4 is 4.74 Å². The number of nitrogens with zero attached hydrogens (tertiary/aromatic N) is 1. The summed E-state index contributed by atoms with van der Waals surface area (Å²) in [6.07, 6.45) is 10.1. The van der Waals surface area contributed by atoms with Crippen molar-refractivity contribution in [3.63, 3.8) is 0 Å². The van der Waals surface area contributed by atoms with E-state index in [1.54, 1.807) is 18.9 Å². The molecule has 2 fully saturated rings. The smallest absolute Gasteiger partial charge is 0.321 e. The Hall–Kier alpha value is -2.31. The number of hydrogen-bond donors (Lipinski definition) is 1. The van der Waals surface area contributed by atoms with E-state index in [0.29, 0.717) is 39.8 Å². The number of carbonyl (C=O) groups is 2. The van der Waals surface area contributed by atoms with Crippen LogP contribution in [-0.2, 0) is 16.0 Å². The lowest BCUT2D eigenvalue weighted by Gasteiger charge is -2.52. The van der Waals surface area contributed by atoms with Crippen molar-refractivity contribution >= 4 is 23.6 Å². The zero-order valence-electron chi connectivity index (χ0n) is 26.1. The summed E-state index contributed by atoms with van der Waals surface area (Å²) in [5, 5.41) is 10.2. The summed E-state index contributed by atoms with van der Waals surface area (Å²) in [4.78, 5) is 25.3. The molecule has 42 heavy (non-hydrogen) atoms. The quantitative estimate of drug-likeness (QED) is 0.153. The molecule has 0 bridgehead atoms. The van der Waals surface area contributed by atoms with Gasteiger partial charge in [-0.05, 0) is 116 Å². The van der Waals surface area contributed by atoms with Gasteiger partial charge in [0.1, 0.15) is 17.3 Å². The lowest BCUT2D eigenvalue weighted by molar-refractivity contribution is -0.692. The van der Waals surface area contributed by atoms with Gasteiger partial charge in [-0.2, -0.15) is 0 Å². The van der Waals surface area contributed by atoms with Crippen LogP contribution in [0, 0.1) is 17.3 Å². The van der Waals surface area contributed by atoms with Gasteiger partial charge in [-0.3, -0.25) is 4.79 Å². The topological polar surface area (TPSA) is 63.6 Å². The third-order valence-electron chi connectivity index (χ3n) is 10.8. The number of carbonyl (C=O) groups excluding carboxylic acids is 2. The van der Waals surface area contributed by atoms with Crippen LogP contribution >= 0.6 is 11.9 Å². The molecule has 0 spiro atoms. The average molecular weight is 593 g/mol. The van der Waals surface area contributed by atoms with E-state index in [0.717, 1.165) is 82.3 Å². The molecule has 5 nitrogen and oxygen atoms in total. The second kappa shape index (κ2) is 13.1. The van der Waals surface area contributed by atoms with Crippen LogP contribution in [-0.4, -0.2) is 46.6 Å². The highest BCUT2D eigenvalue weighted by Gasteiger charge is 2.57. The van der Waals surface area contributed by atoms with Gasteiger partial charge in [-0.25, -0.2) is 8.68 Å². The molecule has 0 aliphatic heterocycles. The average Bonchev–Trinajstić information content (AvgIpc) is 3.28. The molecule has 2 saturated carbocycles. The number of benzene rings is 2. The summed E-state index contributed by atoms with van der Waals surface area (Å²) in [7, 11) is 2.05. The Balaban J connectivity index is 1.19. The van der Waals surface area contributed by atoms with E-state index in [1.165, 1.54) is 16.7 Å². The Morgan fingerprint density at radius 3 is 2.60 bits per heavy atom. The zero-order valence-corrected chi connectivity index (χ0v) is 26.9. The van der Waals surface area contributed by atoms with Crippen molar-refractivity contribution in [1.82, 2.24) is 0 Å². The summed E-state index contributed by atoms with van der Waals surface area (Å²) in [5.74, 6) is 4.56. The Morgan fingerprint density at radius 1 is 1.07 bits per heavy atom. The second-order valence-electron chi connectivity index (χ2n) is 13.4. The predicted molar refractivity (Wildman–Crippen MR) is 171 cm³/mol. The maximum absolute atomic E-state index is 13.2. The lowest BCUT2D eigenvalue weighted by atomic mass is 9.51. The Bertz CT molecular complexity index is 1260. The first-order valence-corrected chi connectivity index (χ1v) is 17.2. The number of rotatable bonds is 12. The molecule has 1 amide bonds. The molecule has 0 radical (unpaired) electrons. The highest BCUT2D eigenvalue weighted by molar-refractivity contribution is 7.94. The first-order chi connectivity index (χ1) is 20.2. The second-order valence-corrected chi connectivity index (χ2v) is 14.9. The monoisotopic (exact) mass is 592 g/mol. The van der Waals surface area contributed by atoms with Crippen molar-refractivity contribution in [2.45, 2.75) is 96.8 Å². The van der Waals surface area contributed by atoms with Crippen molar-refractivity contribution < 1.29 is 23.3 Å². The molecule has 6 atom stereocenters. The Labute approximate surface area is 257 Å². The molecule has 5 rings (SSSR count). The number of amides is 1. The predicted octanol–water partition coefficient (Wildman–Crippen LogP) is 8.20. The number of aryl methyl sites for hydroxylation is 1. The first kappa shape index (κ1) is 31.1. The van der Waals surface area contributed by atoms with Gasteiger partial charge in [0.25, 0.3) is 0 Å². The molecule has 0 heterocycles. The maximum Gasteiger partial charge on any atom is 0.321 e. The van der Waals surface area contributed by atoms with Crippen molar-refractivity contribution in [3.8, 4) is 11.5 Å². The summed E-state index contributed by atoms with van der Waals surface area (Å²) < 4.78 is 6.60. The van der Waals surface area contributed by atoms with E-state index in [4.69, 9.17) is 4.74 Å². The van der Waals surface area contributed by atoms with Gasteiger partial charge < -0.3 is 9.84 Å². The molecular formula is C36H50NO4S+. The van der Waals surface area contributed by atoms with Crippen LogP contribution in [0.25, 0.3) is 0 Å². The summed E-state index contributed by atoms with van der Waals surface area (Å²) in [6.45, 7) is 7.72. The van der Waals surface area contributed by atoms with Crippen LogP contribution in [0.3, 0.4) is 0 Å². The number of ether oxygens (including phenoxy) is 1. The standard InChI is InChI=1S/C36H49NO4S/c1-5-6-20-37(4,25(2)38)42-22-9-7-8-21-41-29-14-10-26(11-15-29)32-24-36(3)33(18-19-34(36)40)31-16-12-27-23-28(39)13-17-30(27)35(31)32/h10-11,13-15,17,23,31-33,35H,5-9,12,16,18-22,24H2,1-4H3/p+1/t31?,32-,33?,35?,36+,37?/m1/s1. The zero-order chi connectivity index (χ0) is 29.9. The summed E-state index contributed by atoms with van der Waals surface area (Å²) >= 11 is 1.76. The molecule has 2 aromatic rings. The number of Topliss-reactive ketones (excluding diaryl/α,β-unsaturated/α-hetero) is 1. The van der Waals surface area contributed by atoms with E-state index in [9.17, 15) is 14.7 Å². The van der Waals surface area contributed by atoms with Crippen LogP contribution in [0.4, 0.5) is 0 Å². The number of quaternary nitrogens is 1. The lowest BCUT2D eigenvalue weighted by Crippen LogP contribution is -2.45. The minimum Gasteiger partial charge on any atom is -0.508 e. The number of fused-ring (bicyclic) bond motifs is 5. The third kappa shape index (κ3) is 6.31. The van der Waals surface area contributed by atoms with E-state index >= 15 is 0 Å². The van der Waals surface area contributed by atoms with Crippen molar-refractivity contribution in [2.75, 3.05) is 26.0 Å². The molecule has 0 saturated heterocycles. The van der Waals surface area contributed by atoms with Gasteiger partial charge in [0.15, 0.2) is 0 Å². The van der Waals surface area contributed by atoms with Gasteiger partial charge >= 0.3 is 5.91 Å². The number of ketones is 1. The van der Waals surface area contributed by atoms with E-state index in [1.807, 2.05) is 19.2 Å². The van der Waals surface area contributed by atoms with Gasteiger partial charge in [0, 0.05) is 17.6 Å². The minimum absolute atomic E-state index is 0.232. The van der Waals surface area contributed by atoms with Crippen molar-refractivity contribution in [1.29, 1.82) is 0 Å². The van der Waals surface area contributed by atoms with Crippen molar-refractivity contribution in [2.24, 2.45) is 17.3 Å². The Morgan fingerprint density at radius 2 is 1.86 bits per heavy atom. The SMILES string of the molecule is CCCC[N+](C)(SCCCCCOc1ccc([C@H]2C[C@]3(C)C(=O)CCC3C3CCc4cc(O)ccc4C32)cc1)C(C)=O. The van der Waals surface area contributed by atoms with Crippen LogP contribution in [0.1, 0.15) is 107 Å². The number of unbranched alkanes of at least 4 members (excludes halogenated alkanes) is 3. The first-order valence-electron chi connectivity index (χ1n) is 16.3. The van der Waals surface area contributed by atoms with Gasteiger partial charge in [-0.1, -0.05) is 38.5 Å². The normalized spacial score (nSPS) is 28.0. The molecular weight excluding hydrogens is 542 g/mol. The fraction of sp³-hybridized carbons (Fsp3) is 0.611. The molecule has 2 aromatic carbocycles. The molecule has 6 heteroatoms. The largest absolute Gasteiger partial charge is 0.508 e. The van der Waals surface area contributed by atoms with E-state index < -0.39 is 0 Å². The van der Waals surface area contributed by atoms with Crippen LogP contribution in [0.2, 0.25) is 0 Å². The minimum atomic E-state index is -0.232. The molecule has 0 aromatic heterocycles. The van der Waals surface area contributed by atoms with Crippen molar-refractivity contribution in [3.05, 3.63) is 59.2 Å². The fourth-order valence-corrected chi connectivity index (χ4v) is 9.39.